The van der Waals surface area contributed by atoms with Crippen LogP contribution < -0.4 is 10.1 Å². The number of anilines is 1. The molecule has 0 atom stereocenters. The Morgan fingerprint density at radius 2 is 1.88 bits per heavy atom. The molecule has 0 bridgehead atoms. The van der Waals surface area contributed by atoms with Gasteiger partial charge in [0.05, 0.1) is 36.3 Å². The Hall–Kier alpha value is -4.41. The van der Waals surface area contributed by atoms with Crippen LogP contribution in [0.15, 0.2) is 71.6 Å². The lowest BCUT2D eigenvalue weighted by atomic mass is 10.1. The Morgan fingerprint density at radius 3 is 2.45 bits per heavy atom. The minimum atomic E-state index is -5.08. The fourth-order valence-corrected chi connectivity index (χ4v) is 2.71. The number of pyridine rings is 2. The van der Waals surface area contributed by atoms with Crippen LogP contribution in [0.2, 0.25) is 0 Å². The topological polar surface area (TPSA) is 115 Å². The van der Waals surface area contributed by atoms with Gasteiger partial charge >= 0.3 is 12.1 Å². The molecule has 8 nitrogen and oxygen atoms in total. The van der Waals surface area contributed by atoms with E-state index in [0.29, 0.717) is 39.4 Å². The number of methoxy groups -OCH3 is 1. The van der Waals surface area contributed by atoms with Crippen molar-refractivity contribution >= 4 is 28.5 Å². The zero-order chi connectivity index (χ0) is 24.0. The Kier molecular flexibility index (Phi) is 6.91. The van der Waals surface area contributed by atoms with Gasteiger partial charge in [-0.25, -0.2) is 9.78 Å². The highest BCUT2D eigenvalue weighted by atomic mass is 19.4. The quantitative estimate of drug-likeness (QED) is 0.451. The second-order valence-corrected chi connectivity index (χ2v) is 6.41. The molecule has 0 aliphatic rings. The van der Waals surface area contributed by atoms with Crippen LogP contribution in [0.5, 0.6) is 5.75 Å². The second kappa shape index (κ2) is 9.81. The second-order valence-electron chi connectivity index (χ2n) is 6.41. The molecule has 0 fully saturated rings. The number of carboxylic acids is 1. The average Bonchev–Trinajstić information content (AvgIpc) is 3.33. The molecule has 4 aromatic rings. The predicted molar refractivity (Wildman–Crippen MR) is 112 cm³/mol. The van der Waals surface area contributed by atoms with Crippen molar-refractivity contribution in [1.29, 1.82) is 0 Å². The summed E-state index contributed by atoms with van der Waals surface area (Å²) in [5.74, 6) is -1.77. The van der Waals surface area contributed by atoms with Gasteiger partial charge in [-0.2, -0.15) is 13.2 Å². The number of hydrogen-bond donors (Lipinski definition) is 2. The Morgan fingerprint density at radius 1 is 1.12 bits per heavy atom. The number of ether oxygens (including phenoxy) is 1. The van der Waals surface area contributed by atoms with Gasteiger partial charge in [-0.3, -0.25) is 9.78 Å². The van der Waals surface area contributed by atoms with E-state index in [-0.39, 0.29) is 5.91 Å². The molecule has 0 saturated carbocycles. The van der Waals surface area contributed by atoms with E-state index in [1.807, 2.05) is 12.1 Å². The van der Waals surface area contributed by atoms with Crippen LogP contribution in [-0.2, 0) is 4.79 Å². The molecule has 3 heterocycles. The Balaban J connectivity index is 0.000000383. The Bertz CT molecular complexity index is 1260. The number of carboxylic acid groups (broad SMARTS) is 1. The van der Waals surface area contributed by atoms with Crippen LogP contribution in [0.4, 0.5) is 18.9 Å². The molecule has 33 heavy (non-hydrogen) atoms. The number of halogens is 3. The van der Waals surface area contributed by atoms with Crippen molar-refractivity contribution in [1.82, 2.24) is 9.97 Å². The first kappa shape index (κ1) is 23.3. The number of aliphatic carboxylic acids is 1. The van der Waals surface area contributed by atoms with Crippen molar-refractivity contribution in [2.45, 2.75) is 6.18 Å². The molecular weight excluding hydrogens is 443 g/mol. The lowest BCUT2D eigenvalue weighted by molar-refractivity contribution is -0.192. The number of furan rings is 1. The van der Waals surface area contributed by atoms with Crippen molar-refractivity contribution in [3.8, 4) is 17.2 Å². The van der Waals surface area contributed by atoms with Gasteiger partial charge in [0.2, 0.25) is 0 Å². The van der Waals surface area contributed by atoms with E-state index in [4.69, 9.17) is 19.1 Å². The number of amides is 1. The highest BCUT2D eigenvalue weighted by Crippen LogP contribution is 2.28. The number of nitrogens with one attached hydrogen (secondary N) is 1. The molecule has 0 radical (unpaired) electrons. The molecule has 0 aliphatic heterocycles. The van der Waals surface area contributed by atoms with Crippen molar-refractivity contribution in [3.05, 3.63) is 72.8 Å². The number of alkyl halides is 3. The first-order chi connectivity index (χ1) is 15.7. The molecule has 0 unspecified atom stereocenters. The first-order valence-electron chi connectivity index (χ1n) is 9.23. The monoisotopic (exact) mass is 459 g/mol. The van der Waals surface area contributed by atoms with Gasteiger partial charge in [0.1, 0.15) is 11.4 Å². The number of fused-ring (bicyclic) bond motifs is 1. The van der Waals surface area contributed by atoms with Crippen LogP contribution >= 0.6 is 0 Å². The normalized spacial score (nSPS) is 10.8. The highest BCUT2D eigenvalue weighted by molar-refractivity contribution is 6.13. The minimum absolute atomic E-state index is 0.258. The van der Waals surface area contributed by atoms with E-state index >= 15 is 0 Å². The van der Waals surface area contributed by atoms with E-state index in [9.17, 15) is 18.0 Å². The van der Waals surface area contributed by atoms with Crippen molar-refractivity contribution in [3.63, 3.8) is 0 Å². The van der Waals surface area contributed by atoms with E-state index < -0.39 is 12.1 Å². The third-order valence-corrected chi connectivity index (χ3v) is 4.20. The average molecular weight is 459 g/mol. The lowest BCUT2D eigenvalue weighted by Gasteiger charge is -2.11. The van der Waals surface area contributed by atoms with E-state index in [1.54, 1.807) is 62.2 Å². The molecule has 0 saturated heterocycles. The van der Waals surface area contributed by atoms with Gasteiger partial charge in [0.15, 0.2) is 5.76 Å². The minimum Gasteiger partial charge on any atom is -0.497 e. The number of benzene rings is 1. The van der Waals surface area contributed by atoms with Crippen molar-refractivity contribution < 1.29 is 37.0 Å². The van der Waals surface area contributed by atoms with Crippen molar-refractivity contribution in [2.24, 2.45) is 0 Å². The number of nitrogens with zero attached hydrogens (tertiary/aromatic N) is 2. The van der Waals surface area contributed by atoms with Crippen LogP contribution in [0.3, 0.4) is 0 Å². The van der Waals surface area contributed by atoms with Crippen LogP contribution in [0.1, 0.15) is 10.4 Å². The molecule has 1 amide bonds. The standard InChI is InChI=1S/C20H15N3O3.C2HF3O2/c1-25-14-6-7-17-15(10-14)16(11-18(23-17)19-5-3-9-26-19)20(24)22-13-4-2-8-21-12-13;3-2(4,5)1(6)7/h2-12H,1H3,(H,22,24);(H,6,7). The van der Waals surface area contributed by atoms with E-state index in [1.165, 1.54) is 0 Å². The molecule has 170 valence electrons. The Labute approximate surface area is 184 Å². The molecular formula is C22H16F3N3O5. The fraction of sp³-hybridized carbons (Fsp3) is 0.0909. The molecule has 1 aromatic carbocycles. The SMILES string of the molecule is COc1ccc2nc(-c3ccco3)cc(C(=O)Nc3cccnc3)c2c1.O=C(O)C(F)(F)F. The van der Waals surface area contributed by atoms with Gasteiger partial charge in [0.25, 0.3) is 5.91 Å². The summed E-state index contributed by atoms with van der Waals surface area (Å²) < 4.78 is 42.5. The number of hydrogen-bond acceptors (Lipinski definition) is 6. The summed E-state index contributed by atoms with van der Waals surface area (Å²) >= 11 is 0. The zero-order valence-electron chi connectivity index (χ0n) is 17.0. The van der Waals surface area contributed by atoms with Crippen LogP contribution in [0, 0.1) is 0 Å². The van der Waals surface area contributed by atoms with Crippen LogP contribution in [0.25, 0.3) is 22.4 Å². The molecule has 2 N–H and O–H groups in total. The number of carbonyl (C=O) groups excluding carboxylic acids is 1. The summed E-state index contributed by atoms with van der Waals surface area (Å²) in [5.41, 5.74) is 2.36. The summed E-state index contributed by atoms with van der Waals surface area (Å²) in [5, 5.41) is 10.7. The van der Waals surface area contributed by atoms with E-state index in [2.05, 4.69) is 15.3 Å². The van der Waals surface area contributed by atoms with Gasteiger partial charge in [-0.05, 0) is 48.5 Å². The maximum Gasteiger partial charge on any atom is 0.490 e. The summed E-state index contributed by atoms with van der Waals surface area (Å²) in [6.07, 6.45) is -0.267. The maximum absolute atomic E-state index is 12.9. The largest absolute Gasteiger partial charge is 0.497 e. The third kappa shape index (κ3) is 5.85. The van der Waals surface area contributed by atoms with E-state index in [0.717, 1.165) is 0 Å². The van der Waals surface area contributed by atoms with Crippen LogP contribution in [-0.4, -0.2) is 40.2 Å². The molecule has 3 aromatic heterocycles. The molecule has 0 spiro atoms. The van der Waals surface area contributed by atoms with Crippen molar-refractivity contribution in [2.75, 3.05) is 12.4 Å². The molecule has 0 aliphatic carbocycles. The molecule has 4 rings (SSSR count). The summed E-state index contributed by atoms with van der Waals surface area (Å²) in [4.78, 5) is 30.4. The summed E-state index contributed by atoms with van der Waals surface area (Å²) in [6, 6.07) is 14.3. The summed E-state index contributed by atoms with van der Waals surface area (Å²) in [6.45, 7) is 0. The maximum atomic E-state index is 12.9. The molecule has 11 heteroatoms. The third-order valence-electron chi connectivity index (χ3n) is 4.20. The number of rotatable bonds is 4. The smallest absolute Gasteiger partial charge is 0.490 e. The predicted octanol–water partition coefficient (Wildman–Crippen LogP) is 4.78. The van der Waals surface area contributed by atoms with Gasteiger partial charge in [-0.1, -0.05) is 0 Å². The first-order valence-corrected chi connectivity index (χ1v) is 9.23. The number of carbonyl (C=O) groups is 2. The highest BCUT2D eigenvalue weighted by Gasteiger charge is 2.38. The fourth-order valence-electron chi connectivity index (χ4n) is 2.71. The van der Waals surface area contributed by atoms with Gasteiger partial charge in [0, 0.05) is 11.6 Å². The lowest BCUT2D eigenvalue weighted by Crippen LogP contribution is -2.21. The van der Waals surface area contributed by atoms with Gasteiger partial charge in [-0.15, -0.1) is 0 Å². The summed E-state index contributed by atoms with van der Waals surface area (Å²) in [7, 11) is 1.58. The number of aromatic nitrogens is 2. The zero-order valence-corrected chi connectivity index (χ0v) is 17.0. The van der Waals surface area contributed by atoms with Gasteiger partial charge < -0.3 is 19.6 Å².